The largest absolute Gasteiger partial charge is 0.342 e. The number of benzene rings is 1. The van der Waals surface area contributed by atoms with E-state index in [4.69, 9.17) is 9.97 Å². The Morgan fingerprint density at radius 2 is 1.94 bits per heavy atom. The zero-order valence-corrected chi connectivity index (χ0v) is 19.5. The molecule has 1 fully saturated rings. The number of hydrogen-bond donors (Lipinski definition) is 0. The molecule has 4 rings (SSSR count). The maximum absolute atomic E-state index is 12.8. The van der Waals surface area contributed by atoms with Crippen molar-refractivity contribution in [3.8, 4) is 0 Å². The molecule has 6 heteroatoms. The second kappa shape index (κ2) is 9.80. The fourth-order valence-electron chi connectivity index (χ4n) is 4.78. The van der Waals surface area contributed by atoms with E-state index in [1.54, 1.807) is 0 Å². The predicted octanol–water partition coefficient (Wildman–Crippen LogP) is 4.06. The molecule has 0 unspecified atom stereocenters. The van der Waals surface area contributed by atoms with E-state index in [1.165, 1.54) is 5.56 Å². The standard InChI is InChI=1S/C26H34N4O2/c1-18(2)16-24(32)29-15-13-21(17-29)25-27-19(3)22-11-12-23(31)30(26(22)28-25)14-7-10-20-8-5-4-6-9-20/h4-6,8-9,18,21H,7,10-17H2,1-3H3/t21-/m0/s1. The van der Waals surface area contributed by atoms with Crippen LogP contribution in [-0.4, -0.2) is 46.3 Å². The minimum atomic E-state index is 0.137. The summed E-state index contributed by atoms with van der Waals surface area (Å²) in [7, 11) is 0. The summed E-state index contributed by atoms with van der Waals surface area (Å²) < 4.78 is 0. The Bertz CT molecular complexity index is 973. The zero-order chi connectivity index (χ0) is 22.7. The number of rotatable bonds is 7. The SMILES string of the molecule is Cc1nc([C@H]2CCN(C(=O)CC(C)C)C2)nc2c1CCC(=O)N2CCCc1ccccc1. The Morgan fingerprint density at radius 3 is 2.69 bits per heavy atom. The normalized spacial score (nSPS) is 18.4. The minimum Gasteiger partial charge on any atom is -0.342 e. The lowest BCUT2D eigenvalue weighted by atomic mass is 10.0. The molecule has 1 aromatic carbocycles. The van der Waals surface area contributed by atoms with Gasteiger partial charge in [-0.15, -0.1) is 0 Å². The van der Waals surface area contributed by atoms with Gasteiger partial charge >= 0.3 is 0 Å². The summed E-state index contributed by atoms with van der Waals surface area (Å²) in [6.45, 7) is 8.27. The summed E-state index contributed by atoms with van der Waals surface area (Å²) in [5, 5.41) is 0. The molecule has 2 aromatic rings. The Labute approximate surface area is 191 Å². The first-order valence-corrected chi connectivity index (χ1v) is 11.9. The van der Waals surface area contributed by atoms with Crippen LogP contribution in [0.4, 0.5) is 5.82 Å². The van der Waals surface area contributed by atoms with Crippen LogP contribution in [0.5, 0.6) is 0 Å². The minimum absolute atomic E-state index is 0.137. The second-order valence-electron chi connectivity index (χ2n) is 9.53. The molecule has 1 atom stereocenters. The average Bonchev–Trinajstić information content (AvgIpc) is 3.26. The van der Waals surface area contributed by atoms with E-state index in [2.05, 4.69) is 38.1 Å². The molecule has 170 valence electrons. The summed E-state index contributed by atoms with van der Waals surface area (Å²) in [5.41, 5.74) is 3.35. The van der Waals surface area contributed by atoms with Gasteiger partial charge in [0.25, 0.3) is 0 Å². The molecule has 2 aliphatic heterocycles. The lowest BCUT2D eigenvalue weighted by molar-refractivity contribution is -0.130. The second-order valence-corrected chi connectivity index (χ2v) is 9.53. The number of carbonyl (C=O) groups excluding carboxylic acids is 2. The zero-order valence-electron chi connectivity index (χ0n) is 19.5. The fraction of sp³-hybridized carbons (Fsp3) is 0.538. The van der Waals surface area contributed by atoms with Gasteiger partial charge in [-0.25, -0.2) is 9.97 Å². The molecular weight excluding hydrogens is 400 g/mol. The van der Waals surface area contributed by atoms with Crippen molar-refractivity contribution in [2.45, 2.75) is 65.2 Å². The Balaban J connectivity index is 1.49. The quantitative estimate of drug-likeness (QED) is 0.659. The summed E-state index contributed by atoms with van der Waals surface area (Å²) >= 11 is 0. The summed E-state index contributed by atoms with van der Waals surface area (Å²) in [6.07, 6.45) is 4.52. The van der Waals surface area contributed by atoms with Crippen LogP contribution in [0.1, 0.15) is 68.1 Å². The predicted molar refractivity (Wildman–Crippen MR) is 126 cm³/mol. The van der Waals surface area contributed by atoms with Crippen LogP contribution in [0.2, 0.25) is 0 Å². The summed E-state index contributed by atoms with van der Waals surface area (Å²) in [4.78, 5) is 38.9. The third-order valence-corrected chi connectivity index (χ3v) is 6.53. The third-order valence-electron chi connectivity index (χ3n) is 6.53. The highest BCUT2D eigenvalue weighted by molar-refractivity contribution is 5.95. The van der Waals surface area contributed by atoms with Crippen molar-refractivity contribution in [2.24, 2.45) is 5.92 Å². The van der Waals surface area contributed by atoms with Crippen molar-refractivity contribution in [3.05, 3.63) is 53.0 Å². The van der Waals surface area contributed by atoms with Crippen LogP contribution in [0.3, 0.4) is 0 Å². The van der Waals surface area contributed by atoms with Crippen LogP contribution >= 0.6 is 0 Å². The Morgan fingerprint density at radius 1 is 1.16 bits per heavy atom. The highest BCUT2D eigenvalue weighted by Crippen LogP contribution is 2.32. The first-order chi connectivity index (χ1) is 15.4. The van der Waals surface area contributed by atoms with Gasteiger partial charge in [0.15, 0.2) is 0 Å². The van der Waals surface area contributed by atoms with Crippen molar-refractivity contribution >= 4 is 17.6 Å². The van der Waals surface area contributed by atoms with Crippen molar-refractivity contribution in [3.63, 3.8) is 0 Å². The van der Waals surface area contributed by atoms with Gasteiger partial charge < -0.3 is 4.90 Å². The van der Waals surface area contributed by atoms with Gasteiger partial charge in [0.2, 0.25) is 11.8 Å². The molecule has 2 aliphatic rings. The number of fused-ring (bicyclic) bond motifs is 1. The molecule has 2 amide bonds. The van der Waals surface area contributed by atoms with Gasteiger partial charge in [0.1, 0.15) is 11.6 Å². The maximum Gasteiger partial charge on any atom is 0.228 e. The van der Waals surface area contributed by atoms with Gasteiger partial charge in [-0.3, -0.25) is 14.5 Å². The Kier molecular flexibility index (Phi) is 6.87. The van der Waals surface area contributed by atoms with Crippen molar-refractivity contribution < 1.29 is 9.59 Å². The molecule has 6 nitrogen and oxygen atoms in total. The van der Waals surface area contributed by atoms with E-state index in [0.717, 1.165) is 48.7 Å². The lowest BCUT2D eigenvalue weighted by Crippen LogP contribution is -2.38. The van der Waals surface area contributed by atoms with Crippen LogP contribution in [0, 0.1) is 12.8 Å². The monoisotopic (exact) mass is 434 g/mol. The molecule has 32 heavy (non-hydrogen) atoms. The van der Waals surface area contributed by atoms with E-state index in [-0.39, 0.29) is 17.7 Å². The average molecular weight is 435 g/mol. The van der Waals surface area contributed by atoms with E-state index in [0.29, 0.717) is 38.3 Å². The lowest BCUT2D eigenvalue weighted by Gasteiger charge is -2.30. The molecule has 0 spiro atoms. The van der Waals surface area contributed by atoms with E-state index >= 15 is 0 Å². The Hall–Kier alpha value is -2.76. The number of likely N-dealkylation sites (tertiary alicyclic amines) is 1. The molecule has 3 heterocycles. The van der Waals surface area contributed by atoms with Gasteiger partial charge in [0.05, 0.1) is 0 Å². The first kappa shape index (κ1) is 22.4. The number of nitrogens with zero attached hydrogens (tertiary/aromatic N) is 4. The van der Waals surface area contributed by atoms with Crippen molar-refractivity contribution in [2.75, 3.05) is 24.5 Å². The molecule has 0 N–H and O–H groups in total. The van der Waals surface area contributed by atoms with Crippen LogP contribution in [0.25, 0.3) is 0 Å². The fourth-order valence-corrected chi connectivity index (χ4v) is 4.78. The van der Waals surface area contributed by atoms with Crippen molar-refractivity contribution in [1.29, 1.82) is 0 Å². The van der Waals surface area contributed by atoms with Crippen LogP contribution in [-0.2, 0) is 22.4 Å². The molecule has 0 aliphatic carbocycles. The van der Waals surface area contributed by atoms with E-state index in [1.807, 2.05) is 22.8 Å². The number of aryl methyl sites for hydroxylation is 2. The highest BCUT2D eigenvalue weighted by atomic mass is 16.2. The van der Waals surface area contributed by atoms with Crippen molar-refractivity contribution in [1.82, 2.24) is 14.9 Å². The number of carbonyl (C=O) groups is 2. The van der Waals surface area contributed by atoms with Gasteiger partial charge in [0, 0.05) is 49.7 Å². The van der Waals surface area contributed by atoms with E-state index in [9.17, 15) is 9.59 Å². The molecular formula is C26H34N4O2. The van der Waals surface area contributed by atoms with Crippen LogP contribution < -0.4 is 4.90 Å². The molecule has 0 saturated carbocycles. The molecule has 1 saturated heterocycles. The molecule has 1 aromatic heterocycles. The smallest absolute Gasteiger partial charge is 0.228 e. The van der Waals surface area contributed by atoms with E-state index < -0.39 is 0 Å². The molecule has 0 bridgehead atoms. The number of anilines is 1. The number of aromatic nitrogens is 2. The highest BCUT2D eigenvalue weighted by Gasteiger charge is 2.33. The summed E-state index contributed by atoms with van der Waals surface area (Å²) in [5.74, 6) is 2.44. The van der Waals surface area contributed by atoms with Gasteiger partial charge in [-0.1, -0.05) is 44.2 Å². The third kappa shape index (κ3) is 5.00. The van der Waals surface area contributed by atoms with Crippen LogP contribution in [0.15, 0.2) is 30.3 Å². The van der Waals surface area contributed by atoms with Gasteiger partial charge in [-0.05, 0) is 44.1 Å². The number of amides is 2. The topological polar surface area (TPSA) is 66.4 Å². The summed E-state index contributed by atoms with van der Waals surface area (Å²) in [6, 6.07) is 10.4. The maximum atomic E-state index is 12.8. The first-order valence-electron chi connectivity index (χ1n) is 11.9. The van der Waals surface area contributed by atoms with Gasteiger partial charge in [-0.2, -0.15) is 0 Å². The molecule has 0 radical (unpaired) electrons. The number of hydrogen-bond acceptors (Lipinski definition) is 4.